The fourth-order valence-corrected chi connectivity index (χ4v) is 2.47. The molecule has 0 bridgehead atoms. The maximum absolute atomic E-state index is 12.2. The molecule has 2 aromatic heterocycles. The van der Waals surface area contributed by atoms with E-state index in [9.17, 15) is 4.79 Å². The van der Waals surface area contributed by atoms with E-state index >= 15 is 0 Å². The van der Waals surface area contributed by atoms with Crippen molar-refractivity contribution < 1.29 is 4.79 Å². The van der Waals surface area contributed by atoms with Gasteiger partial charge >= 0.3 is 0 Å². The molecule has 3 aromatic rings. The number of benzene rings is 1. The molecule has 20 heavy (non-hydrogen) atoms. The first-order chi connectivity index (χ1) is 9.74. The van der Waals surface area contributed by atoms with Gasteiger partial charge in [-0.2, -0.15) is 0 Å². The SMILES string of the molecule is O=C(NCc1cccc(Br)c1)c1cnc2ccccn12. The lowest BCUT2D eigenvalue weighted by Crippen LogP contribution is -2.24. The molecule has 3 rings (SSSR count). The lowest BCUT2D eigenvalue weighted by atomic mass is 10.2. The summed E-state index contributed by atoms with van der Waals surface area (Å²) in [5.41, 5.74) is 2.34. The van der Waals surface area contributed by atoms with Crippen LogP contribution in [0.2, 0.25) is 0 Å². The van der Waals surface area contributed by atoms with Crippen LogP contribution in [0.25, 0.3) is 5.65 Å². The minimum atomic E-state index is -0.135. The van der Waals surface area contributed by atoms with Gasteiger partial charge in [0.25, 0.3) is 5.91 Å². The highest BCUT2D eigenvalue weighted by molar-refractivity contribution is 9.10. The summed E-state index contributed by atoms with van der Waals surface area (Å²) in [7, 11) is 0. The van der Waals surface area contributed by atoms with Gasteiger partial charge in [0, 0.05) is 17.2 Å². The van der Waals surface area contributed by atoms with E-state index in [1.165, 1.54) is 0 Å². The van der Waals surface area contributed by atoms with Crippen molar-refractivity contribution in [1.29, 1.82) is 0 Å². The molecule has 0 saturated carbocycles. The van der Waals surface area contributed by atoms with Crippen LogP contribution in [0.3, 0.4) is 0 Å². The fourth-order valence-electron chi connectivity index (χ4n) is 2.02. The first-order valence-electron chi connectivity index (χ1n) is 6.19. The van der Waals surface area contributed by atoms with Gasteiger partial charge in [-0.15, -0.1) is 0 Å². The quantitative estimate of drug-likeness (QED) is 0.802. The van der Waals surface area contributed by atoms with Crippen LogP contribution in [0, 0.1) is 0 Å². The molecule has 0 fully saturated rings. The smallest absolute Gasteiger partial charge is 0.270 e. The maximum Gasteiger partial charge on any atom is 0.270 e. The Balaban J connectivity index is 1.76. The number of rotatable bonds is 3. The molecule has 5 heteroatoms. The molecule has 0 unspecified atom stereocenters. The van der Waals surface area contributed by atoms with Crippen LogP contribution >= 0.6 is 15.9 Å². The lowest BCUT2D eigenvalue weighted by Gasteiger charge is -2.05. The van der Waals surface area contributed by atoms with Crippen LogP contribution in [0.5, 0.6) is 0 Å². The van der Waals surface area contributed by atoms with Crippen LogP contribution in [0.4, 0.5) is 0 Å². The van der Waals surface area contributed by atoms with E-state index in [1.807, 2.05) is 48.7 Å². The van der Waals surface area contributed by atoms with E-state index < -0.39 is 0 Å². The summed E-state index contributed by atoms with van der Waals surface area (Å²) in [4.78, 5) is 16.4. The van der Waals surface area contributed by atoms with Crippen LogP contribution in [0.1, 0.15) is 16.1 Å². The zero-order chi connectivity index (χ0) is 13.9. The zero-order valence-electron chi connectivity index (χ0n) is 10.6. The summed E-state index contributed by atoms with van der Waals surface area (Å²) in [6, 6.07) is 13.5. The second-order valence-corrected chi connectivity index (χ2v) is 5.30. The summed E-state index contributed by atoms with van der Waals surface area (Å²) in [5, 5.41) is 2.90. The summed E-state index contributed by atoms with van der Waals surface area (Å²) in [6.45, 7) is 0.484. The van der Waals surface area contributed by atoms with Crippen molar-refractivity contribution in [3.63, 3.8) is 0 Å². The number of aromatic nitrogens is 2. The molecule has 1 aromatic carbocycles. The standard InChI is InChI=1S/C15H12BrN3O/c16-12-5-3-4-11(8-12)9-18-15(20)13-10-17-14-6-1-2-7-19(13)14/h1-8,10H,9H2,(H,18,20). The first kappa shape index (κ1) is 12.9. The minimum Gasteiger partial charge on any atom is -0.347 e. The van der Waals surface area contributed by atoms with Gasteiger partial charge in [-0.3, -0.25) is 9.20 Å². The highest BCUT2D eigenvalue weighted by Crippen LogP contribution is 2.12. The summed E-state index contributed by atoms with van der Waals surface area (Å²) in [6.07, 6.45) is 3.42. The third kappa shape index (κ3) is 2.58. The molecule has 0 aliphatic rings. The number of carbonyl (C=O) groups excluding carboxylic acids is 1. The first-order valence-corrected chi connectivity index (χ1v) is 6.98. The number of fused-ring (bicyclic) bond motifs is 1. The largest absolute Gasteiger partial charge is 0.347 e. The Hall–Kier alpha value is -2.14. The molecule has 0 spiro atoms. The number of halogens is 1. The highest BCUT2D eigenvalue weighted by atomic mass is 79.9. The average Bonchev–Trinajstić information content (AvgIpc) is 2.89. The van der Waals surface area contributed by atoms with E-state index in [-0.39, 0.29) is 5.91 Å². The van der Waals surface area contributed by atoms with Crippen LogP contribution in [0.15, 0.2) is 59.3 Å². The van der Waals surface area contributed by atoms with Gasteiger partial charge in [0.1, 0.15) is 11.3 Å². The van der Waals surface area contributed by atoms with Gasteiger partial charge in [0.15, 0.2) is 0 Å². The topological polar surface area (TPSA) is 46.4 Å². The van der Waals surface area contributed by atoms with Crippen molar-refractivity contribution >= 4 is 27.5 Å². The van der Waals surface area contributed by atoms with Crippen LogP contribution < -0.4 is 5.32 Å². The molecule has 0 atom stereocenters. The van der Waals surface area contributed by atoms with Crippen molar-refractivity contribution in [3.8, 4) is 0 Å². The van der Waals surface area contributed by atoms with E-state index in [0.717, 1.165) is 15.7 Å². The Kier molecular flexibility index (Phi) is 3.52. The number of amides is 1. The predicted molar refractivity (Wildman–Crippen MR) is 80.5 cm³/mol. The second kappa shape index (κ2) is 5.46. The van der Waals surface area contributed by atoms with Crippen molar-refractivity contribution in [3.05, 3.63) is 70.6 Å². The van der Waals surface area contributed by atoms with Crippen molar-refractivity contribution in [1.82, 2.24) is 14.7 Å². The normalized spacial score (nSPS) is 10.7. The number of hydrogen-bond acceptors (Lipinski definition) is 2. The Labute approximate surface area is 124 Å². The molecule has 0 radical (unpaired) electrons. The van der Waals surface area contributed by atoms with Gasteiger partial charge in [-0.1, -0.05) is 34.1 Å². The summed E-state index contributed by atoms with van der Waals surface area (Å²) < 4.78 is 2.77. The van der Waals surface area contributed by atoms with Crippen LogP contribution in [-0.2, 0) is 6.54 Å². The number of pyridine rings is 1. The Morgan fingerprint density at radius 1 is 1.25 bits per heavy atom. The van der Waals surface area contributed by atoms with Gasteiger partial charge in [-0.05, 0) is 29.8 Å². The third-order valence-corrected chi connectivity index (χ3v) is 3.48. The summed E-state index contributed by atoms with van der Waals surface area (Å²) in [5.74, 6) is -0.135. The molecule has 4 nitrogen and oxygen atoms in total. The molecular formula is C15H12BrN3O. The summed E-state index contributed by atoms with van der Waals surface area (Å²) >= 11 is 3.41. The van der Waals surface area contributed by atoms with E-state index in [2.05, 4.69) is 26.2 Å². The maximum atomic E-state index is 12.2. The predicted octanol–water partition coefficient (Wildman–Crippen LogP) is 3.03. The number of nitrogens with one attached hydrogen (secondary N) is 1. The minimum absolute atomic E-state index is 0.135. The van der Waals surface area contributed by atoms with Crippen molar-refractivity contribution in [2.24, 2.45) is 0 Å². The fraction of sp³-hybridized carbons (Fsp3) is 0.0667. The average molecular weight is 330 g/mol. The Bertz CT molecular complexity index is 766. The van der Waals surface area contributed by atoms with Crippen molar-refractivity contribution in [2.75, 3.05) is 0 Å². The molecule has 2 heterocycles. The third-order valence-electron chi connectivity index (χ3n) is 2.99. The number of imidazole rings is 1. The van der Waals surface area contributed by atoms with Gasteiger partial charge in [0.2, 0.25) is 0 Å². The van der Waals surface area contributed by atoms with E-state index in [0.29, 0.717) is 12.2 Å². The molecule has 0 aliphatic heterocycles. The number of nitrogens with zero attached hydrogens (tertiary/aromatic N) is 2. The Morgan fingerprint density at radius 3 is 3.00 bits per heavy atom. The van der Waals surface area contributed by atoms with Gasteiger partial charge < -0.3 is 5.32 Å². The molecule has 0 aliphatic carbocycles. The zero-order valence-corrected chi connectivity index (χ0v) is 12.2. The lowest BCUT2D eigenvalue weighted by molar-refractivity contribution is 0.0945. The molecular weight excluding hydrogens is 318 g/mol. The molecule has 0 saturated heterocycles. The molecule has 1 amide bonds. The van der Waals surface area contributed by atoms with E-state index in [1.54, 1.807) is 10.6 Å². The second-order valence-electron chi connectivity index (χ2n) is 4.38. The van der Waals surface area contributed by atoms with Gasteiger partial charge in [0.05, 0.1) is 6.20 Å². The monoisotopic (exact) mass is 329 g/mol. The van der Waals surface area contributed by atoms with E-state index in [4.69, 9.17) is 0 Å². The molecule has 100 valence electrons. The number of carbonyl (C=O) groups is 1. The highest BCUT2D eigenvalue weighted by Gasteiger charge is 2.11. The number of hydrogen-bond donors (Lipinski definition) is 1. The Morgan fingerprint density at radius 2 is 2.15 bits per heavy atom. The molecule has 1 N–H and O–H groups in total. The van der Waals surface area contributed by atoms with Crippen molar-refractivity contribution in [2.45, 2.75) is 6.54 Å². The van der Waals surface area contributed by atoms with Crippen LogP contribution in [-0.4, -0.2) is 15.3 Å². The van der Waals surface area contributed by atoms with Gasteiger partial charge in [-0.25, -0.2) is 4.98 Å².